The average molecular weight is 1020 g/mol. The molecule has 0 aliphatic rings. The zero-order valence-electron chi connectivity index (χ0n) is 46.6. The summed E-state index contributed by atoms with van der Waals surface area (Å²) in [6, 6.07) is 53.3. The predicted molar refractivity (Wildman–Crippen MR) is 326 cm³/mol. The van der Waals surface area contributed by atoms with E-state index in [4.69, 9.17) is 4.74 Å². The summed E-state index contributed by atoms with van der Waals surface area (Å²) in [5.41, 5.74) is 0. The van der Waals surface area contributed by atoms with Crippen LogP contribution in [0.1, 0.15) is 178 Å². The molecule has 0 aromatic heterocycles. The van der Waals surface area contributed by atoms with Gasteiger partial charge in [0.1, 0.15) is 5.75 Å². The highest BCUT2D eigenvalue weighted by Crippen LogP contribution is 2.54. The minimum absolute atomic E-state index is 0.924. The molecule has 0 radical (unpaired) electrons. The van der Waals surface area contributed by atoms with Gasteiger partial charge in [0.15, 0.2) is 0 Å². The topological polar surface area (TPSA) is 12.5 Å². The molecule has 0 aliphatic carbocycles. The molecule has 0 spiro atoms. The fourth-order valence-electron chi connectivity index (χ4n) is 11.8. The van der Waals surface area contributed by atoms with Gasteiger partial charge in [0.05, 0.1) is 31.3 Å². The largest absolute Gasteiger partial charge is 0.496 e. The van der Waals surface area contributed by atoms with Gasteiger partial charge in [-0.15, -0.1) is 0 Å². The molecule has 7 heteroatoms. The summed E-state index contributed by atoms with van der Waals surface area (Å²) in [7, 11) is -2.79. The monoisotopic (exact) mass is 1020 g/mol. The first-order chi connectivity index (χ1) is 33.7. The van der Waals surface area contributed by atoms with Crippen molar-refractivity contribution in [2.24, 2.45) is 0 Å². The van der Waals surface area contributed by atoms with Gasteiger partial charge in [0, 0.05) is 21.4 Å². The van der Waals surface area contributed by atoms with E-state index in [1.54, 1.807) is 26.2 Å². The van der Waals surface area contributed by atoms with Crippen molar-refractivity contribution in [1.82, 2.24) is 4.44 Å². The first kappa shape index (κ1) is 59.7. The van der Waals surface area contributed by atoms with Crippen molar-refractivity contribution in [1.29, 1.82) is 0 Å². The molecule has 0 heterocycles. The fraction of sp³-hybridized carbons (Fsp3) is 0.613. The first-order valence-corrected chi connectivity index (χ1v) is 39.4. The SMILES string of the molecule is CCCC[Si](CCCC)(CCCC)c1cccc(P(c2cccc([Si](CCCC)(CCCC)CCCC)c2)N(C)P(c2cccc([Si](CCCC)(CCCC)CCCC)c2)c2ccccc2OC)c1. The van der Waals surface area contributed by atoms with E-state index in [9.17, 15) is 0 Å². The van der Waals surface area contributed by atoms with Crippen LogP contribution in [-0.2, 0) is 0 Å². The van der Waals surface area contributed by atoms with E-state index in [0.717, 1.165) is 5.75 Å². The second-order valence-corrected chi connectivity index (χ2v) is 39.9. The lowest BCUT2D eigenvalue weighted by Crippen LogP contribution is -2.49. The Kier molecular flexibility index (Phi) is 28.0. The van der Waals surface area contributed by atoms with Crippen molar-refractivity contribution in [3.8, 4) is 5.75 Å². The van der Waals surface area contributed by atoms with Crippen LogP contribution in [0.15, 0.2) is 97.1 Å². The number of para-hydroxylation sites is 1. The van der Waals surface area contributed by atoms with Crippen LogP contribution in [0.5, 0.6) is 5.75 Å². The van der Waals surface area contributed by atoms with Gasteiger partial charge >= 0.3 is 0 Å². The Morgan fingerprint density at radius 2 is 0.638 bits per heavy atom. The molecule has 69 heavy (non-hydrogen) atoms. The number of unbranched alkanes of at least 4 members (excludes halogenated alkanes) is 9. The molecule has 4 aromatic carbocycles. The van der Waals surface area contributed by atoms with Crippen LogP contribution in [0, 0.1) is 0 Å². The second-order valence-electron chi connectivity index (χ2n) is 21.2. The lowest BCUT2D eigenvalue weighted by atomic mass is 10.3. The number of methoxy groups -OCH3 is 1. The molecule has 0 bridgehead atoms. The smallest absolute Gasteiger partial charge is 0.128 e. The summed E-state index contributed by atoms with van der Waals surface area (Å²) in [5, 5.41) is 11.2. The van der Waals surface area contributed by atoms with Crippen molar-refractivity contribution >= 4 is 77.1 Å². The molecule has 0 saturated heterocycles. The standard InChI is InChI=1S/C62H103NOP2Si3/c1-12-21-43-67(44-22-13-2,45-23-14-3)58-38-32-35-55(52-58)65(56-36-33-39-59(53-56)68(46-24-15-4,47-25-16-5)48-26-17-6)63(10)66(62-42-31-30-41-61(62)64-11)57-37-34-40-60(54-57)69(49-27-18-7,50-28-19-8)51-29-20-9/h30-42,52-54H,12-29,43-51H2,1-11H3. The van der Waals surface area contributed by atoms with Crippen LogP contribution in [0.3, 0.4) is 0 Å². The maximum Gasteiger partial charge on any atom is 0.128 e. The van der Waals surface area contributed by atoms with Gasteiger partial charge in [-0.3, -0.25) is 0 Å². The van der Waals surface area contributed by atoms with E-state index >= 15 is 0 Å². The van der Waals surface area contributed by atoms with Crippen molar-refractivity contribution in [3.05, 3.63) is 97.1 Å². The minimum Gasteiger partial charge on any atom is -0.496 e. The van der Waals surface area contributed by atoms with E-state index in [1.807, 2.05) is 7.11 Å². The third kappa shape index (κ3) is 16.6. The van der Waals surface area contributed by atoms with Crippen LogP contribution in [0.4, 0.5) is 0 Å². The van der Waals surface area contributed by atoms with E-state index in [2.05, 4.69) is 171 Å². The van der Waals surface area contributed by atoms with Gasteiger partial charge in [-0.2, -0.15) is 0 Å². The summed E-state index contributed by atoms with van der Waals surface area (Å²) in [4.78, 5) is 0. The lowest BCUT2D eigenvalue weighted by Gasteiger charge is -2.39. The molecule has 1 atom stereocenters. The summed E-state index contributed by atoms with van der Waals surface area (Å²) < 4.78 is 9.35. The van der Waals surface area contributed by atoms with E-state index in [0.29, 0.717) is 0 Å². The zero-order valence-corrected chi connectivity index (χ0v) is 51.4. The Morgan fingerprint density at radius 1 is 0.362 bits per heavy atom. The number of benzene rings is 4. The van der Waals surface area contributed by atoms with Gasteiger partial charge in [-0.1, -0.05) is 333 Å². The summed E-state index contributed by atoms with van der Waals surface area (Å²) >= 11 is 0. The number of nitrogens with zero attached hydrogens (tertiary/aromatic N) is 1. The molecule has 0 amide bonds. The Hall–Kier alpha value is -1.85. The van der Waals surface area contributed by atoms with Crippen LogP contribution >= 0.6 is 16.1 Å². The molecular weight excluding hydrogens is 921 g/mol. The highest BCUT2D eigenvalue weighted by Gasteiger charge is 2.39. The Bertz CT molecular complexity index is 1860. The van der Waals surface area contributed by atoms with Gasteiger partial charge < -0.3 is 4.74 Å². The highest BCUT2D eigenvalue weighted by molar-refractivity contribution is 7.84. The number of rotatable bonds is 37. The van der Waals surface area contributed by atoms with Crippen molar-refractivity contribution < 1.29 is 4.74 Å². The first-order valence-electron chi connectivity index (χ1n) is 28.9. The summed E-state index contributed by atoms with van der Waals surface area (Å²) in [5.74, 6) is 1.03. The zero-order chi connectivity index (χ0) is 50.0. The van der Waals surface area contributed by atoms with Crippen LogP contribution in [0.2, 0.25) is 54.4 Å². The van der Waals surface area contributed by atoms with Crippen LogP contribution < -0.4 is 41.5 Å². The Morgan fingerprint density at radius 3 is 0.913 bits per heavy atom. The fourth-order valence-corrected chi connectivity index (χ4v) is 34.9. The molecule has 0 saturated carbocycles. The van der Waals surface area contributed by atoms with E-state index < -0.39 is 40.4 Å². The van der Waals surface area contributed by atoms with Crippen molar-refractivity contribution in [3.63, 3.8) is 0 Å². The molecule has 1 unspecified atom stereocenters. The minimum atomic E-state index is -1.78. The number of ether oxygens (including phenoxy) is 1. The van der Waals surface area contributed by atoms with E-state index in [-0.39, 0.29) is 0 Å². The number of hydrogen-bond acceptors (Lipinski definition) is 2. The van der Waals surface area contributed by atoms with Gasteiger partial charge in [-0.05, 0) is 35.1 Å². The highest BCUT2D eigenvalue weighted by atomic mass is 31.2. The van der Waals surface area contributed by atoms with Crippen molar-refractivity contribution in [2.75, 3.05) is 14.2 Å². The second kappa shape index (κ2) is 32.4. The molecule has 4 aromatic rings. The van der Waals surface area contributed by atoms with Crippen LogP contribution in [-0.4, -0.2) is 42.8 Å². The normalized spacial score (nSPS) is 12.9. The van der Waals surface area contributed by atoms with Crippen molar-refractivity contribution in [2.45, 2.75) is 232 Å². The van der Waals surface area contributed by atoms with Gasteiger partial charge in [-0.25, -0.2) is 4.44 Å². The molecule has 0 N–H and O–H groups in total. The maximum absolute atomic E-state index is 6.42. The number of hydrogen-bond donors (Lipinski definition) is 0. The molecule has 0 fully saturated rings. The third-order valence-corrected chi connectivity index (χ3v) is 37.8. The third-order valence-electron chi connectivity index (χ3n) is 16.1. The lowest BCUT2D eigenvalue weighted by molar-refractivity contribution is 0.418. The molecular formula is C62H103NOP2Si3. The maximum atomic E-state index is 6.42. The van der Waals surface area contributed by atoms with Gasteiger partial charge in [0.25, 0.3) is 0 Å². The predicted octanol–water partition coefficient (Wildman–Crippen LogP) is 17.2. The Labute approximate surface area is 433 Å². The van der Waals surface area contributed by atoms with Crippen LogP contribution in [0.25, 0.3) is 0 Å². The average Bonchev–Trinajstić information content (AvgIpc) is 3.39. The molecule has 4 rings (SSSR count). The molecule has 2 nitrogen and oxygen atoms in total. The summed E-state index contributed by atoms with van der Waals surface area (Å²) in [6.45, 7) is 21.7. The molecule has 0 aliphatic heterocycles. The Balaban J connectivity index is 2.14. The van der Waals surface area contributed by atoms with E-state index in [1.165, 1.54) is 181 Å². The summed E-state index contributed by atoms with van der Waals surface area (Å²) in [6.07, 6.45) is 23.8. The molecule has 384 valence electrons. The van der Waals surface area contributed by atoms with Gasteiger partial charge in [0.2, 0.25) is 0 Å². The quantitative estimate of drug-likeness (QED) is 0.0330.